The minimum Gasteiger partial charge on any atom is -0.444 e. The molecule has 1 heterocycles. The number of hydrogen-bond donors (Lipinski definition) is 2. The normalized spacial score (nSPS) is 27.7. The summed E-state index contributed by atoms with van der Waals surface area (Å²) in [6.45, 7) is 7.49. The standard InChI is InChI=1S/C17H32N2O3/c1-17(2,3)22-16(21)19-10-8-14(9-11-19)18-15-7-5-4-6-13(15)12-20/h13-15,18,20H,4-12H2,1-3H3. The zero-order valence-electron chi connectivity index (χ0n) is 14.3. The molecular formula is C17H32N2O3. The van der Waals surface area contributed by atoms with E-state index in [1.54, 1.807) is 0 Å². The molecule has 128 valence electrons. The average molecular weight is 312 g/mol. The number of ether oxygens (including phenoxy) is 1. The Morgan fingerprint density at radius 3 is 2.41 bits per heavy atom. The van der Waals surface area contributed by atoms with Crippen LogP contribution in [0.5, 0.6) is 0 Å². The lowest BCUT2D eigenvalue weighted by atomic mass is 9.84. The Kier molecular flexibility index (Phi) is 6.09. The highest BCUT2D eigenvalue weighted by Crippen LogP contribution is 2.25. The third-order valence-electron chi connectivity index (χ3n) is 4.74. The largest absolute Gasteiger partial charge is 0.444 e. The SMILES string of the molecule is CC(C)(C)OC(=O)N1CCC(NC2CCCCC2CO)CC1. The maximum absolute atomic E-state index is 12.1. The van der Waals surface area contributed by atoms with E-state index in [0.29, 0.717) is 18.0 Å². The van der Waals surface area contributed by atoms with Crippen molar-refractivity contribution in [2.75, 3.05) is 19.7 Å². The van der Waals surface area contributed by atoms with Crippen LogP contribution in [0.1, 0.15) is 59.3 Å². The molecule has 1 aliphatic carbocycles. The zero-order valence-corrected chi connectivity index (χ0v) is 14.3. The van der Waals surface area contributed by atoms with Crippen molar-refractivity contribution in [3.8, 4) is 0 Å². The Balaban J connectivity index is 1.76. The quantitative estimate of drug-likeness (QED) is 0.840. The Labute approximate surface area is 134 Å². The maximum atomic E-state index is 12.1. The van der Waals surface area contributed by atoms with E-state index in [9.17, 15) is 9.90 Å². The van der Waals surface area contributed by atoms with E-state index in [4.69, 9.17) is 4.74 Å². The fraction of sp³-hybridized carbons (Fsp3) is 0.941. The molecule has 0 aromatic heterocycles. The smallest absolute Gasteiger partial charge is 0.410 e. The van der Waals surface area contributed by atoms with Gasteiger partial charge in [-0.15, -0.1) is 0 Å². The molecule has 0 radical (unpaired) electrons. The number of aliphatic hydroxyl groups excluding tert-OH is 1. The first-order valence-corrected chi connectivity index (χ1v) is 8.74. The summed E-state index contributed by atoms with van der Waals surface area (Å²) in [5, 5.41) is 13.2. The van der Waals surface area contributed by atoms with Crippen LogP contribution in [0, 0.1) is 5.92 Å². The van der Waals surface area contributed by atoms with Gasteiger partial charge >= 0.3 is 6.09 Å². The van der Waals surface area contributed by atoms with Gasteiger partial charge in [-0.2, -0.15) is 0 Å². The highest BCUT2D eigenvalue weighted by molar-refractivity contribution is 5.68. The van der Waals surface area contributed by atoms with E-state index in [-0.39, 0.29) is 12.7 Å². The van der Waals surface area contributed by atoms with Crippen LogP contribution < -0.4 is 5.32 Å². The fourth-order valence-corrected chi connectivity index (χ4v) is 3.50. The van der Waals surface area contributed by atoms with E-state index in [1.165, 1.54) is 12.8 Å². The van der Waals surface area contributed by atoms with Gasteiger partial charge in [0.25, 0.3) is 0 Å². The molecule has 0 aromatic rings. The summed E-state index contributed by atoms with van der Waals surface area (Å²) >= 11 is 0. The molecule has 1 aliphatic heterocycles. The average Bonchev–Trinajstić information content (AvgIpc) is 2.47. The minimum absolute atomic E-state index is 0.197. The van der Waals surface area contributed by atoms with Crippen LogP contribution in [0.2, 0.25) is 0 Å². The van der Waals surface area contributed by atoms with Crippen LogP contribution in [0.3, 0.4) is 0 Å². The number of hydrogen-bond acceptors (Lipinski definition) is 4. The number of piperidine rings is 1. The van der Waals surface area contributed by atoms with Gasteiger partial charge in [0.15, 0.2) is 0 Å². The molecule has 0 spiro atoms. The lowest BCUT2D eigenvalue weighted by molar-refractivity contribution is 0.0189. The lowest BCUT2D eigenvalue weighted by Gasteiger charge is -2.38. The van der Waals surface area contributed by atoms with E-state index >= 15 is 0 Å². The van der Waals surface area contributed by atoms with Gasteiger partial charge in [-0.25, -0.2) is 4.79 Å². The number of rotatable bonds is 3. The summed E-state index contributed by atoms with van der Waals surface area (Å²) in [6.07, 6.45) is 6.52. The molecule has 0 bridgehead atoms. The molecule has 2 fully saturated rings. The third-order valence-corrected chi connectivity index (χ3v) is 4.74. The molecule has 0 aromatic carbocycles. The number of carbonyl (C=O) groups excluding carboxylic acids is 1. The number of aliphatic hydroxyl groups is 1. The number of amides is 1. The van der Waals surface area contributed by atoms with Gasteiger partial charge in [0.1, 0.15) is 5.60 Å². The Morgan fingerprint density at radius 1 is 1.18 bits per heavy atom. The van der Waals surface area contributed by atoms with Gasteiger partial charge in [-0.05, 0) is 52.4 Å². The van der Waals surface area contributed by atoms with Gasteiger partial charge in [0.2, 0.25) is 0 Å². The first-order valence-electron chi connectivity index (χ1n) is 8.74. The summed E-state index contributed by atoms with van der Waals surface area (Å²) in [6, 6.07) is 0.896. The van der Waals surface area contributed by atoms with Crippen molar-refractivity contribution in [3.63, 3.8) is 0 Å². The van der Waals surface area contributed by atoms with E-state index in [1.807, 2.05) is 25.7 Å². The first-order chi connectivity index (χ1) is 10.4. The summed E-state index contributed by atoms with van der Waals surface area (Å²) in [5.74, 6) is 0.401. The Morgan fingerprint density at radius 2 is 1.82 bits per heavy atom. The molecule has 1 saturated heterocycles. The monoisotopic (exact) mass is 312 g/mol. The second kappa shape index (κ2) is 7.64. The number of nitrogens with zero attached hydrogens (tertiary/aromatic N) is 1. The molecular weight excluding hydrogens is 280 g/mol. The van der Waals surface area contributed by atoms with E-state index in [0.717, 1.165) is 38.8 Å². The summed E-state index contributed by atoms with van der Waals surface area (Å²) in [7, 11) is 0. The molecule has 1 saturated carbocycles. The van der Waals surface area contributed by atoms with Gasteiger partial charge < -0.3 is 20.1 Å². The molecule has 5 heteroatoms. The molecule has 5 nitrogen and oxygen atoms in total. The zero-order chi connectivity index (χ0) is 16.2. The van der Waals surface area contributed by atoms with Crippen molar-refractivity contribution in [2.24, 2.45) is 5.92 Å². The summed E-state index contributed by atoms with van der Waals surface area (Å²) < 4.78 is 5.43. The highest BCUT2D eigenvalue weighted by Gasteiger charge is 2.30. The van der Waals surface area contributed by atoms with Gasteiger partial charge in [0, 0.05) is 31.8 Å². The summed E-state index contributed by atoms with van der Waals surface area (Å²) in [4.78, 5) is 13.9. The van der Waals surface area contributed by atoms with Gasteiger partial charge in [-0.1, -0.05) is 12.8 Å². The van der Waals surface area contributed by atoms with Crippen molar-refractivity contribution in [3.05, 3.63) is 0 Å². The van der Waals surface area contributed by atoms with Crippen molar-refractivity contribution in [1.82, 2.24) is 10.2 Å². The predicted molar refractivity (Wildman–Crippen MR) is 86.8 cm³/mol. The predicted octanol–water partition coefficient (Wildman–Crippen LogP) is 2.53. The van der Waals surface area contributed by atoms with Crippen molar-refractivity contribution < 1.29 is 14.6 Å². The fourth-order valence-electron chi connectivity index (χ4n) is 3.50. The van der Waals surface area contributed by atoms with E-state index < -0.39 is 5.60 Å². The van der Waals surface area contributed by atoms with Crippen molar-refractivity contribution in [1.29, 1.82) is 0 Å². The van der Waals surface area contributed by atoms with Gasteiger partial charge in [-0.3, -0.25) is 0 Å². The Bertz CT molecular complexity index is 359. The minimum atomic E-state index is -0.428. The van der Waals surface area contributed by atoms with Gasteiger partial charge in [0.05, 0.1) is 0 Å². The third kappa shape index (κ3) is 5.13. The molecule has 2 rings (SSSR count). The number of nitrogens with one attached hydrogen (secondary N) is 1. The van der Waals surface area contributed by atoms with Crippen molar-refractivity contribution in [2.45, 2.75) is 77.0 Å². The molecule has 22 heavy (non-hydrogen) atoms. The van der Waals surface area contributed by atoms with Crippen molar-refractivity contribution >= 4 is 6.09 Å². The first kappa shape index (κ1) is 17.5. The van der Waals surface area contributed by atoms with Crippen LogP contribution in [-0.2, 0) is 4.74 Å². The molecule has 2 N–H and O–H groups in total. The molecule has 1 amide bonds. The number of carbonyl (C=O) groups is 1. The van der Waals surface area contributed by atoms with Crippen LogP contribution >= 0.6 is 0 Å². The summed E-state index contributed by atoms with van der Waals surface area (Å²) in [5.41, 5.74) is -0.428. The second-order valence-electron chi connectivity index (χ2n) is 7.74. The lowest BCUT2D eigenvalue weighted by Crippen LogP contribution is -2.51. The molecule has 2 atom stereocenters. The number of likely N-dealkylation sites (tertiary alicyclic amines) is 1. The van der Waals surface area contributed by atoms with E-state index in [2.05, 4.69) is 5.32 Å². The topological polar surface area (TPSA) is 61.8 Å². The van der Waals surface area contributed by atoms with Crippen LogP contribution in [-0.4, -0.2) is 53.5 Å². The Hall–Kier alpha value is -0.810. The second-order valence-corrected chi connectivity index (χ2v) is 7.74. The van der Waals surface area contributed by atoms with Crippen LogP contribution in [0.25, 0.3) is 0 Å². The molecule has 2 unspecified atom stereocenters. The maximum Gasteiger partial charge on any atom is 0.410 e. The van der Waals surface area contributed by atoms with Crippen LogP contribution in [0.4, 0.5) is 4.79 Å². The highest BCUT2D eigenvalue weighted by atomic mass is 16.6. The molecule has 2 aliphatic rings. The van der Waals surface area contributed by atoms with Crippen LogP contribution in [0.15, 0.2) is 0 Å².